The first kappa shape index (κ1) is 8.62. The normalized spacial score (nSPS) is 12.1. The predicted molar refractivity (Wildman–Crippen MR) is 45.1 cm³/mol. The number of nitrogens with zero attached hydrogens (tertiary/aromatic N) is 2. The average Bonchev–Trinajstić information content (AvgIpc) is 2.48. The molecule has 0 unspecified atom stereocenters. The molecule has 1 rings (SSSR count). The molecule has 4 nitrogen and oxygen atoms in total. The van der Waals surface area contributed by atoms with Crippen LogP contribution in [0, 0.1) is 12.3 Å². The Hall–Kier alpha value is -1.47. The summed E-state index contributed by atoms with van der Waals surface area (Å²) in [4.78, 5) is 9.01. The van der Waals surface area contributed by atoms with Gasteiger partial charge in [-0.25, -0.2) is 4.98 Å². The summed E-state index contributed by atoms with van der Waals surface area (Å²) in [5.41, 5.74) is 6.45. The van der Waals surface area contributed by atoms with Crippen molar-refractivity contribution in [1.82, 2.24) is 9.71 Å². The van der Waals surface area contributed by atoms with Crippen LogP contribution in [0.2, 0.25) is 0 Å². The predicted octanol–water partition coefficient (Wildman–Crippen LogP) is -0.0354. The third-order valence-electron chi connectivity index (χ3n) is 1.39. The molecule has 12 heavy (non-hydrogen) atoms. The van der Waals surface area contributed by atoms with Gasteiger partial charge >= 0.3 is 0 Å². The van der Waals surface area contributed by atoms with E-state index >= 15 is 0 Å². The molecular formula is C8H11N3O. The zero-order valence-corrected chi connectivity index (χ0v) is 6.90. The number of hydrogen-bond donors (Lipinski definition) is 1. The van der Waals surface area contributed by atoms with Crippen molar-refractivity contribution in [1.29, 1.82) is 0 Å². The van der Waals surface area contributed by atoms with Gasteiger partial charge in [-0.1, -0.05) is 5.92 Å². The van der Waals surface area contributed by atoms with Crippen molar-refractivity contribution in [3.05, 3.63) is 18.2 Å². The molecule has 1 aromatic rings. The first-order valence-electron chi connectivity index (χ1n) is 3.60. The van der Waals surface area contributed by atoms with Crippen molar-refractivity contribution in [2.75, 3.05) is 6.61 Å². The smallest absolute Gasteiger partial charge is 0.175 e. The minimum absolute atomic E-state index is 0.106. The first-order chi connectivity index (χ1) is 5.75. The number of nitrogens with two attached hydrogens (primary N) is 1. The Morgan fingerprint density at radius 2 is 2.67 bits per heavy atom. The van der Waals surface area contributed by atoms with E-state index in [1.165, 1.54) is 11.1 Å². The van der Waals surface area contributed by atoms with Gasteiger partial charge in [-0.15, -0.1) is 6.42 Å². The fraction of sp³-hybridized carbons (Fsp3) is 0.375. The first-order valence-corrected chi connectivity index (χ1v) is 3.60. The van der Waals surface area contributed by atoms with Crippen LogP contribution in [0.15, 0.2) is 12.5 Å². The number of terminal acetylenes is 1. The molecule has 0 aliphatic heterocycles. The molecular weight excluding hydrogens is 154 g/mol. The number of aromatic nitrogens is 2. The summed E-state index contributed by atoms with van der Waals surface area (Å²) in [7, 11) is 0. The van der Waals surface area contributed by atoms with E-state index in [2.05, 4.69) is 10.9 Å². The fourth-order valence-electron chi connectivity index (χ4n) is 0.827. The molecule has 64 valence electrons. The minimum Gasteiger partial charge on any atom is -0.400 e. The van der Waals surface area contributed by atoms with Gasteiger partial charge in [0.1, 0.15) is 6.33 Å². The standard InChI is InChI=1S/C8H11N3O/c1-3-4-12-11-6-10-5-8(11)7(2)9/h1,5-7H,4,9H2,2H3/t7-/m1/s1. The maximum Gasteiger partial charge on any atom is 0.175 e. The maximum absolute atomic E-state index is 5.64. The van der Waals surface area contributed by atoms with Gasteiger partial charge in [0.2, 0.25) is 0 Å². The van der Waals surface area contributed by atoms with Crippen LogP contribution in [0.25, 0.3) is 0 Å². The topological polar surface area (TPSA) is 53.1 Å². The van der Waals surface area contributed by atoms with Gasteiger partial charge in [0.15, 0.2) is 6.61 Å². The zero-order valence-electron chi connectivity index (χ0n) is 6.90. The number of rotatable bonds is 3. The lowest BCUT2D eigenvalue weighted by Gasteiger charge is -2.09. The van der Waals surface area contributed by atoms with Crippen LogP contribution in [0.1, 0.15) is 18.7 Å². The fourth-order valence-corrected chi connectivity index (χ4v) is 0.827. The highest BCUT2D eigenvalue weighted by atomic mass is 16.7. The summed E-state index contributed by atoms with van der Waals surface area (Å²) in [5.74, 6) is 2.36. The molecule has 0 saturated carbocycles. The summed E-state index contributed by atoms with van der Waals surface area (Å²) in [5, 5.41) is 0. The second-order valence-electron chi connectivity index (χ2n) is 2.41. The van der Waals surface area contributed by atoms with E-state index in [0.29, 0.717) is 0 Å². The lowest BCUT2D eigenvalue weighted by Crippen LogP contribution is -2.18. The van der Waals surface area contributed by atoms with Gasteiger partial charge in [0.25, 0.3) is 0 Å². The molecule has 1 aromatic heterocycles. The Morgan fingerprint density at radius 1 is 1.92 bits per heavy atom. The van der Waals surface area contributed by atoms with E-state index < -0.39 is 0 Å². The lowest BCUT2D eigenvalue weighted by molar-refractivity contribution is 0.129. The number of hydrogen-bond acceptors (Lipinski definition) is 3. The summed E-state index contributed by atoms with van der Waals surface area (Å²) >= 11 is 0. The summed E-state index contributed by atoms with van der Waals surface area (Å²) < 4.78 is 1.49. The molecule has 4 heteroatoms. The van der Waals surface area contributed by atoms with E-state index in [1.807, 2.05) is 6.92 Å². The monoisotopic (exact) mass is 165 g/mol. The Bertz CT molecular complexity index is 285. The summed E-state index contributed by atoms with van der Waals surface area (Å²) in [6, 6.07) is -0.106. The molecule has 0 spiro atoms. The maximum atomic E-state index is 5.64. The second-order valence-corrected chi connectivity index (χ2v) is 2.41. The van der Waals surface area contributed by atoms with E-state index in [0.717, 1.165) is 5.69 Å². The average molecular weight is 165 g/mol. The van der Waals surface area contributed by atoms with Crippen LogP contribution < -0.4 is 10.6 Å². The van der Waals surface area contributed by atoms with Crippen LogP contribution in [-0.2, 0) is 0 Å². The van der Waals surface area contributed by atoms with Crippen LogP contribution in [-0.4, -0.2) is 16.3 Å². The van der Waals surface area contributed by atoms with Gasteiger partial charge in [-0.3, -0.25) is 0 Å². The Morgan fingerprint density at radius 3 is 3.25 bits per heavy atom. The Kier molecular flexibility index (Phi) is 2.72. The summed E-state index contributed by atoms with van der Waals surface area (Å²) in [6.07, 6.45) is 8.22. The highest BCUT2D eigenvalue weighted by molar-refractivity contribution is 5.01. The van der Waals surface area contributed by atoms with Gasteiger partial charge in [-0.2, -0.15) is 4.73 Å². The molecule has 0 saturated heterocycles. The van der Waals surface area contributed by atoms with Crippen LogP contribution in [0.4, 0.5) is 0 Å². The highest BCUT2D eigenvalue weighted by Crippen LogP contribution is 2.05. The lowest BCUT2D eigenvalue weighted by atomic mass is 10.3. The largest absolute Gasteiger partial charge is 0.400 e. The second kappa shape index (κ2) is 3.79. The molecule has 0 aliphatic carbocycles. The van der Waals surface area contributed by atoms with Crippen LogP contribution in [0.5, 0.6) is 0 Å². The molecule has 0 aromatic carbocycles. The molecule has 2 N–H and O–H groups in total. The van der Waals surface area contributed by atoms with Crippen LogP contribution in [0.3, 0.4) is 0 Å². The Balaban J connectivity index is 2.72. The van der Waals surface area contributed by atoms with Gasteiger partial charge < -0.3 is 10.6 Å². The Labute approximate surface area is 71.3 Å². The molecule has 1 heterocycles. The van der Waals surface area contributed by atoms with E-state index in [4.69, 9.17) is 17.0 Å². The SMILES string of the molecule is C#CCOn1cncc1[C@@H](C)N. The molecule has 0 amide bonds. The molecule has 0 radical (unpaired) electrons. The third-order valence-corrected chi connectivity index (χ3v) is 1.39. The van der Waals surface area contributed by atoms with Crippen molar-refractivity contribution in [3.8, 4) is 12.3 Å². The van der Waals surface area contributed by atoms with E-state index in [1.54, 1.807) is 6.20 Å². The van der Waals surface area contributed by atoms with Crippen molar-refractivity contribution < 1.29 is 4.84 Å². The molecule has 1 atom stereocenters. The van der Waals surface area contributed by atoms with Crippen molar-refractivity contribution in [2.24, 2.45) is 5.73 Å². The van der Waals surface area contributed by atoms with E-state index in [9.17, 15) is 0 Å². The van der Waals surface area contributed by atoms with Crippen LogP contribution >= 0.6 is 0 Å². The molecule has 0 aliphatic rings. The number of imidazole rings is 1. The quantitative estimate of drug-likeness (QED) is 0.640. The van der Waals surface area contributed by atoms with Crippen molar-refractivity contribution >= 4 is 0 Å². The summed E-state index contributed by atoms with van der Waals surface area (Å²) in [6.45, 7) is 2.07. The molecule has 0 fully saturated rings. The van der Waals surface area contributed by atoms with E-state index in [-0.39, 0.29) is 12.6 Å². The molecule has 0 bridgehead atoms. The van der Waals surface area contributed by atoms with Crippen molar-refractivity contribution in [3.63, 3.8) is 0 Å². The van der Waals surface area contributed by atoms with Gasteiger partial charge in [0, 0.05) is 6.04 Å². The van der Waals surface area contributed by atoms with Gasteiger partial charge in [-0.05, 0) is 6.92 Å². The zero-order chi connectivity index (χ0) is 8.97. The van der Waals surface area contributed by atoms with Crippen molar-refractivity contribution in [2.45, 2.75) is 13.0 Å². The van der Waals surface area contributed by atoms with Gasteiger partial charge in [0.05, 0.1) is 11.9 Å². The third kappa shape index (κ3) is 1.77. The highest BCUT2D eigenvalue weighted by Gasteiger charge is 2.06. The minimum atomic E-state index is -0.106.